The zero-order valence-electron chi connectivity index (χ0n) is 24.5. The van der Waals surface area contributed by atoms with Crippen LogP contribution in [0.5, 0.6) is 11.5 Å². The van der Waals surface area contributed by atoms with Crippen LogP contribution in [0.25, 0.3) is 22.9 Å². The number of aryl methyl sites for hydroxylation is 1. The molecule has 3 nitrogen and oxygen atoms in total. The molecular formula is C39H36O3. The molecule has 0 bridgehead atoms. The lowest BCUT2D eigenvalue weighted by atomic mass is 9.82. The van der Waals surface area contributed by atoms with Gasteiger partial charge in [-0.1, -0.05) is 104 Å². The van der Waals surface area contributed by atoms with Crippen LogP contribution < -0.4 is 9.47 Å². The van der Waals surface area contributed by atoms with Crippen LogP contribution in [0.1, 0.15) is 44.5 Å². The molecule has 1 heterocycles. The molecule has 0 N–H and O–H groups in total. The molecule has 42 heavy (non-hydrogen) atoms. The summed E-state index contributed by atoms with van der Waals surface area (Å²) in [6.45, 7) is 9.44. The van der Waals surface area contributed by atoms with Crippen LogP contribution >= 0.6 is 0 Å². The Morgan fingerprint density at radius 2 is 1.40 bits per heavy atom. The molecule has 210 valence electrons. The van der Waals surface area contributed by atoms with E-state index in [0.717, 1.165) is 51.1 Å². The summed E-state index contributed by atoms with van der Waals surface area (Å²) in [5.41, 5.74) is 8.52. The fourth-order valence-electron chi connectivity index (χ4n) is 5.80. The van der Waals surface area contributed by atoms with Crippen LogP contribution in [0.3, 0.4) is 0 Å². The van der Waals surface area contributed by atoms with Crippen LogP contribution in [0.15, 0.2) is 110 Å². The van der Waals surface area contributed by atoms with E-state index >= 15 is 0 Å². The normalized spacial score (nSPS) is 15.7. The predicted octanol–water partition coefficient (Wildman–Crippen LogP) is 9.22. The summed E-state index contributed by atoms with van der Waals surface area (Å²) in [5, 5.41) is 2.35. The van der Waals surface area contributed by atoms with Gasteiger partial charge in [0.1, 0.15) is 11.5 Å². The lowest BCUT2D eigenvalue weighted by Crippen LogP contribution is -2.34. The highest BCUT2D eigenvalue weighted by Gasteiger charge is 2.38. The first-order chi connectivity index (χ1) is 20.5. The monoisotopic (exact) mass is 552 g/mol. The van der Waals surface area contributed by atoms with Crippen LogP contribution in [0, 0.1) is 13.8 Å². The fraction of sp³-hybridized carbons (Fsp3) is 0.179. The predicted molar refractivity (Wildman–Crippen MR) is 173 cm³/mol. The number of hydrogen-bond donors (Lipinski definition) is 0. The molecule has 1 atom stereocenters. The van der Waals surface area contributed by atoms with Crippen LogP contribution in [-0.4, -0.2) is 13.7 Å². The summed E-state index contributed by atoms with van der Waals surface area (Å²) in [5.74, 6) is 1.74. The van der Waals surface area contributed by atoms with Crippen LogP contribution in [0.2, 0.25) is 0 Å². The van der Waals surface area contributed by atoms with Crippen molar-refractivity contribution in [1.82, 2.24) is 0 Å². The Balaban J connectivity index is 1.29. The highest BCUT2D eigenvalue weighted by Crippen LogP contribution is 2.47. The molecule has 5 aromatic carbocycles. The number of benzene rings is 5. The van der Waals surface area contributed by atoms with Gasteiger partial charge in [0.2, 0.25) is 0 Å². The topological polar surface area (TPSA) is 27.7 Å². The maximum atomic E-state index is 7.16. The average molecular weight is 553 g/mol. The molecule has 0 fully saturated rings. The van der Waals surface area contributed by atoms with Crippen molar-refractivity contribution < 1.29 is 14.2 Å². The van der Waals surface area contributed by atoms with Gasteiger partial charge in [-0.3, -0.25) is 0 Å². The molecule has 0 spiro atoms. The quantitative estimate of drug-likeness (QED) is 0.171. The van der Waals surface area contributed by atoms with Crippen LogP contribution in [-0.2, 0) is 23.4 Å². The Kier molecular flexibility index (Phi) is 7.69. The van der Waals surface area contributed by atoms with E-state index in [-0.39, 0.29) is 0 Å². The summed E-state index contributed by atoms with van der Waals surface area (Å²) < 4.78 is 18.6. The smallest absolute Gasteiger partial charge is 0.178 e. The Labute approximate surface area is 248 Å². The molecule has 0 radical (unpaired) electrons. The van der Waals surface area contributed by atoms with E-state index in [1.807, 2.05) is 18.2 Å². The minimum absolute atomic E-state index is 0.598. The first kappa shape index (κ1) is 27.6. The van der Waals surface area contributed by atoms with E-state index < -0.39 is 5.60 Å². The minimum atomic E-state index is -0.781. The number of methoxy groups -OCH3 is 1. The van der Waals surface area contributed by atoms with E-state index in [4.69, 9.17) is 14.2 Å². The Bertz CT molecular complexity index is 1750. The molecule has 0 saturated carbocycles. The minimum Gasteiger partial charge on any atom is -0.497 e. The molecule has 1 aliphatic rings. The van der Waals surface area contributed by atoms with Gasteiger partial charge in [0.25, 0.3) is 0 Å². The Hall–Kier alpha value is -4.60. The molecule has 1 aliphatic heterocycles. The largest absolute Gasteiger partial charge is 0.497 e. The van der Waals surface area contributed by atoms with Gasteiger partial charge in [-0.15, -0.1) is 0 Å². The summed E-state index contributed by atoms with van der Waals surface area (Å²) in [7, 11) is 1.69. The van der Waals surface area contributed by atoms with Gasteiger partial charge in [0.15, 0.2) is 5.60 Å². The zero-order valence-corrected chi connectivity index (χ0v) is 24.5. The highest BCUT2D eigenvalue weighted by atomic mass is 16.5. The zero-order chi connectivity index (χ0) is 29.1. The number of ether oxygens (including phenoxy) is 3. The van der Waals surface area contributed by atoms with Crippen molar-refractivity contribution in [3.8, 4) is 11.5 Å². The van der Waals surface area contributed by atoms with Gasteiger partial charge >= 0.3 is 0 Å². The van der Waals surface area contributed by atoms with Gasteiger partial charge in [-0.2, -0.15) is 0 Å². The highest BCUT2D eigenvalue weighted by molar-refractivity contribution is 5.96. The lowest BCUT2D eigenvalue weighted by Gasteiger charge is -2.37. The molecule has 1 unspecified atom stereocenters. The maximum Gasteiger partial charge on any atom is 0.178 e. The average Bonchev–Trinajstić information content (AvgIpc) is 3.06. The van der Waals surface area contributed by atoms with Crippen molar-refractivity contribution in [3.05, 3.63) is 154 Å². The summed E-state index contributed by atoms with van der Waals surface area (Å²) in [6, 6.07) is 33.8. The van der Waals surface area contributed by atoms with E-state index in [1.54, 1.807) is 7.11 Å². The fourth-order valence-corrected chi connectivity index (χ4v) is 5.80. The van der Waals surface area contributed by atoms with Crippen molar-refractivity contribution in [2.75, 3.05) is 13.7 Å². The standard InChI is InChI=1S/C39H36O3/c1-5-29-10-12-31(13-11-29)26-41-25-23-30-14-16-32(17-15-30)39(33-18-20-34(40-4)21-19-33)24-22-36-28(3)27(2)35-8-6-7-9-37(35)38(36)42-39/h5-22,24H,1,23,25-26H2,2-4H3. The molecular weight excluding hydrogens is 516 g/mol. The van der Waals surface area contributed by atoms with Crippen molar-refractivity contribution in [3.63, 3.8) is 0 Å². The summed E-state index contributed by atoms with van der Waals surface area (Å²) in [4.78, 5) is 0. The van der Waals surface area contributed by atoms with Gasteiger partial charge in [-0.25, -0.2) is 0 Å². The van der Waals surface area contributed by atoms with Gasteiger partial charge in [0.05, 0.1) is 20.3 Å². The second-order valence-corrected chi connectivity index (χ2v) is 10.9. The Morgan fingerprint density at radius 1 is 0.762 bits per heavy atom. The third-order valence-electron chi connectivity index (χ3n) is 8.46. The second-order valence-electron chi connectivity index (χ2n) is 10.9. The molecule has 3 heteroatoms. The van der Waals surface area contributed by atoms with E-state index in [0.29, 0.717) is 13.2 Å². The van der Waals surface area contributed by atoms with E-state index in [1.165, 1.54) is 22.1 Å². The molecule has 0 aliphatic carbocycles. The van der Waals surface area contributed by atoms with Crippen molar-refractivity contribution in [2.45, 2.75) is 32.5 Å². The molecule has 6 rings (SSSR count). The molecule has 0 saturated heterocycles. The van der Waals surface area contributed by atoms with Crippen LogP contribution in [0.4, 0.5) is 0 Å². The van der Waals surface area contributed by atoms with Gasteiger partial charge in [0, 0.05) is 22.1 Å². The molecule has 0 amide bonds. The SMILES string of the molecule is C=Cc1ccc(COCCc2ccc(C3(c4ccc(OC)cc4)C=Cc4c(C)c(C)c5ccccc5c4O3)cc2)cc1. The maximum absolute atomic E-state index is 7.16. The van der Waals surface area contributed by atoms with Crippen molar-refractivity contribution in [2.24, 2.45) is 0 Å². The molecule has 0 aromatic heterocycles. The first-order valence-corrected chi connectivity index (χ1v) is 14.5. The molecule has 5 aromatic rings. The number of hydrogen-bond acceptors (Lipinski definition) is 3. The number of fused-ring (bicyclic) bond motifs is 3. The van der Waals surface area contributed by atoms with Gasteiger partial charge < -0.3 is 14.2 Å². The van der Waals surface area contributed by atoms with Crippen molar-refractivity contribution >= 4 is 22.9 Å². The third kappa shape index (κ3) is 5.13. The van der Waals surface area contributed by atoms with E-state index in [9.17, 15) is 0 Å². The Morgan fingerprint density at radius 3 is 2.07 bits per heavy atom. The summed E-state index contributed by atoms with van der Waals surface area (Å²) >= 11 is 0. The first-order valence-electron chi connectivity index (χ1n) is 14.5. The van der Waals surface area contributed by atoms with Crippen molar-refractivity contribution in [1.29, 1.82) is 0 Å². The third-order valence-corrected chi connectivity index (χ3v) is 8.46. The summed E-state index contributed by atoms with van der Waals surface area (Å²) in [6.07, 6.45) is 7.13. The lowest BCUT2D eigenvalue weighted by molar-refractivity contribution is 0.124. The second kappa shape index (κ2) is 11.7. The van der Waals surface area contributed by atoms with Gasteiger partial charge in [-0.05, 0) is 71.7 Å². The number of rotatable bonds is 9. The van der Waals surface area contributed by atoms with E-state index in [2.05, 4.69) is 118 Å².